The lowest BCUT2D eigenvalue weighted by Crippen LogP contribution is -2.63. The van der Waals surface area contributed by atoms with Gasteiger partial charge in [0.25, 0.3) is 0 Å². The van der Waals surface area contributed by atoms with Crippen molar-refractivity contribution >= 4 is 23.1 Å². The Morgan fingerprint density at radius 1 is 1.16 bits per heavy atom. The van der Waals surface area contributed by atoms with Crippen molar-refractivity contribution in [2.45, 2.75) is 51.7 Å². The first-order chi connectivity index (χ1) is 14.3. The van der Waals surface area contributed by atoms with Crippen LogP contribution in [0.25, 0.3) is 5.76 Å². The number of benzene rings is 1. The van der Waals surface area contributed by atoms with Gasteiger partial charge in [-0.25, -0.2) is 0 Å². The van der Waals surface area contributed by atoms with Crippen molar-refractivity contribution in [2.75, 3.05) is 0 Å². The van der Waals surface area contributed by atoms with E-state index in [9.17, 15) is 39.9 Å². The zero-order valence-electron chi connectivity index (χ0n) is 17.6. The standard InChI is InChI=1S/C23H24O8/c1-7-5-11-9(3)14-17(20(28)16(11)18(26)8(7)2)22(30)23(31)12(19(14)27)6-13(25)15(10(4)24)21(23)29/h5,9,12,14,19,26-29,31H,6H2,1-4H3/t9-,12+,14+,19+,23+/m1/s1. The van der Waals surface area contributed by atoms with E-state index in [1.165, 1.54) is 0 Å². The van der Waals surface area contributed by atoms with E-state index in [0.29, 0.717) is 11.1 Å². The van der Waals surface area contributed by atoms with Crippen LogP contribution in [0.3, 0.4) is 0 Å². The van der Waals surface area contributed by atoms with Gasteiger partial charge in [-0.2, -0.15) is 0 Å². The van der Waals surface area contributed by atoms with E-state index in [1.54, 1.807) is 26.8 Å². The first-order valence-electron chi connectivity index (χ1n) is 10.0. The number of aryl methyl sites for hydroxylation is 1. The molecule has 0 spiro atoms. The summed E-state index contributed by atoms with van der Waals surface area (Å²) >= 11 is 0. The third-order valence-corrected chi connectivity index (χ3v) is 7.24. The highest BCUT2D eigenvalue weighted by Gasteiger charge is 2.64. The number of aromatic hydroxyl groups is 1. The number of allylic oxidation sites excluding steroid dienone is 1. The first-order valence-corrected chi connectivity index (χ1v) is 10.0. The third-order valence-electron chi connectivity index (χ3n) is 7.24. The molecular formula is C23H24O8. The van der Waals surface area contributed by atoms with Gasteiger partial charge in [-0.3, -0.25) is 14.4 Å². The Morgan fingerprint density at radius 2 is 1.77 bits per heavy atom. The van der Waals surface area contributed by atoms with Crippen LogP contribution < -0.4 is 0 Å². The summed E-state index contributed by atoms with van der Waals surface area (Å²) in [5.41, 5.74) is -1.94. The molecule has 1 fully saturated rings. The van der Waals surface area contributed by atoms with Crippen LogP contribution >= 0.6 is 0 Å². The van der Waals surface area contributed by atoms with Crippen LogP contribution in [0, 0.1) is 25.7 Å². The minimum absolute atomic E-state index is 0.0339. The number of hydrogen-bond acceptors (Lipinski definition) is 8. The third kappa shape index (κ3) is 2.46. The van der Waals surface area contributed by atoms with Crippen LogP contribution in [0.15, 0.2) is 23.0 Å². The number of phenolic OH excluding ortho intramolecular Hbond substituents is 1. The maximum absolute atomic E-state index is 13.5. The van der Waals surface area contributed by atoms with Gasteiger partial charge < -0.3 is 25.5 Å². The second-order valence-electron chi connectivity index (χ2n) is 8.81. The number of Topliss-reactive ketones (excluding diaryl/α,β-unsaturated/α-hetero) is 3. The molecule has 1 aromatic carbocycles. The number of aliphatic hydroxyl groups excluding tert-OH is 3. The predicted octanol–water partition coefficient (Wildman–Crippen LogP) is 1.68. The second-order valence-corrected chi connectivity index (χ2v) is 8.81. The molecule has 5 atom stereocenters. The molecule has 0 heterocycles. The summed E-state index contributed by atoms with van der Waals surface area (Å²) in [6, 6.07) is 1.76. The Morgan fingerprint density at radius 3 is 2.35 bits per heavy atom. The number of fused-ring (bicyclic) bond motifs is 3. The summed E-state index contributed by atoms with van der Waals surface area (Å²) in [5.74, 6) is -7.51. The maximum Gasteiger partial charge on any atom is 0.202 e. The minimum atomic E-state index is -2.74. The number of ketones is 3. The number of hydrogen-bond donors (Lipinski definition) is 5. The highest BCUT2D eigenvalue weighted by Crippen LogP contribution is 2.56. The monoisotopic (exact) mass is 428 g/mol. The number of carbonyl (C=O) groups excluding carboxylic acids is 3. The number of aliphatic hydroxyl groups is 4. The van der Waals surface area contributed by atoms with Gasteiger partial charge in [0.15, 0.2) is 17.2 Å². The molecule has 1 saturated carbocycles. The molecule has 0 unspecified atom stereocenters. The summed E-state index contributed by atoms with van der Waals surface area (Å²) in [5, 5.41) is 54.7. The van der Waals surface area contributed by atoms with E-state index in [4.69, 9.17) is 0 Å². The summed E-state index contributed by atoms with van der Waals surface area (Å²) < 4.78 is 0. The fraction of sp³-hybridized carbons (Fsp3) is 0.435. The van der Waals surface area contributed by atoms with Crippen LogP contribution in [-0.4, -0.2) is 54.6 Å². The Balaban J connectivity index is 2.04. The molecule has 1 aromatic rings. The molecule has 0 radical (unpaired) electrons. The van der Waals surface area contributed by atoms with Gasteiger partial charge in [-0.05, 0) is 43.4 Å². The molecule has 8 heteroatoms. The van der Waals surface area contributed by atoms with E-state index in [1.807, 2.05) is 0 Å². The topological polar surface area (TPSA) is 152 Å². The zero-order valence-corrected chi connectivity index (χ0v) is 17.6. The molecule has 3 aliphatic carbocycles. The molecular weight excluding hydrogens is 404 g/mol. The van der Waals surface area contributed by atoms with Gasteiger partial charge in [0.2, 0.25) is 5.78 Å². The zero-order chi connectivity index (χ0) is 23.2. The largest absolute Gasteiger partial charge is 0.508 e. The minimum Gasteiger partial charge on any atom is -0.508 e. The van der Waals surface area contributed by atoms with Crippen LogP contribution in [0.1, 0.15) is 48.4 Å². The fourth-order valence-electron chi connectivity index (χ4n) is 5.40. The SMILES string of the molecule is CC(=O)C1=C(O)[C@]2(O)C(=O)C3=C(O)c4c(cc(C)c(C)c4O)[C@@H](C)[C@@H]3[C@@H](O)[C@@H]2CC1=O. The van der Waals surface area contributed by atoms with Gasteiger partial charge in [0, 0.05) is 23.8 Å². The van der Waals surface area contributed by atoms with E-state index < -0.39 is 70.3 Å². The quantitative estimate of drug-likeness (QED) is 0.424. The number of rotatable bonds is 1. The molecule has 0 aromatic heterocycles. The van der Waals surface area contributed by atoms with Crippen LogP contribution in [0.2, 0.25) is 0 Å². The molecule has 8 nitrogen and oxygen atoms in total. The van der Waals surface area contributed by atoms with Crippen molar-refractivity contribution in [3.8, 4) is 5.75 Å². The molecule has 0 bridgehead atoms. The average Bonchev–Trinajstić information content (AvgIpc) is 2.69. The van der Waals surface area contributed by atoms with Gasteiger partial charge >= 0.3 is 0 Å². The Labute approximate surface area is 178 Å². The molecule has 0 amide bonds. The molecule has 0 aliphatic heterocycles. The Bertz CT molecular complexity index is 1140. The van der Waals surface area contributed by atoms with Crippen molar-refractivity contribution in [3.63, 3.8) is 0 Å². The smallest absolute Gasteiger partial charge is 0.202 e. The molecule has 31 heavy (non-hydrogen) atoms. The molecule has 3 aliphatic rings. The normalized spacial score (nSPS) is 32.6. The van der Waals surface area contributed by atoms with E-state index in [2.05, 4.69) is 0 Å². The van der Waals surface area contributed by atoms with Crippen LogP contribution in [0.4, 0.5) is 0 Å². The Hall–Kier alpha value is -2.97. The van der Waals surface area contributed by atoms with Crippen molar-refractivity contribution in [3.05, 3.63) is 45.2 Å². The average molecular weight is 428 g/mol. The van der Waals surface area contributed by atoms with Crippen molar-refractivity contribution in [1.29, 1.82) is 0 Å². The summed E-state index contributed by atoms with van der Waals surface area (Å²) in [4.78, 5) is 37.8. The van der Waals surface area contributed by atoms with E-state index in [0.717, 1.165) is 12.5 Å². The first kappa shape index (κ1) is 21.3. The highest BCUT2D eigenvalue weighted by atomic mass is 16.4. The van der Waals surface area contributed by atoms with Crippen molar-refractivity contribution in [1.82, 2.24) is 0 Å². The molecule has 5 N–H and O–H groups in total. The van der Waals surface area contributed by atoms with E-state index >= 15 is 0 Å². The number of carbonyl (C=O) groups is 3. The fourth-order valence-corrected chi connectivity index (χ4v) is 5.40. The van der Waals surface area contributed by atoms with Gasteiger partial charge in [0.05, 0.1) is 11.7 Å². The summed E-state index contributed by atoms with van der Waals surface area (Å²) in [7, 11) is 0. The molecule has 0 saturated heterocycles. The molecule has 4 rings (SSSR count). The lowest BCUT2D eigenvalue weighted by Gasteiger charge is -2.50. The molecule has 164 valence electrons. The van der Waals surface area contributed by atoms with Crippen LogP contribution in [0.5, 0.6) is 5.75 Å². The number of phenols is 1. The predicted molar refractivity (Wildman–Crippen MR) is 108 cm³/mol. The van der Waals surface area contributed by atoms with Gasteiger partial charge in [-0.1, -0.05) is 13.0 Å². The van der Waals surface area contributed by atoms with Gasteiger partial charge in [-0.15, -0.1) is 0 Å². The van der Waals surface area contributed by atoms with Crippen molar-refractivity contribution in [2.24, 2.45) is 11.8 Å². The summed E-state index contributed by atoms with van der Waals surface area (Å²) in [6.07, 6.45) is -1.99. The van der Waals surface area contributed by atoms with Crippen LogP contribution in [-0.2, 0) is 14.4 Å². The lowest BCUT2D eigenvalue weighted by molar-refractivity contribution is -0.160. The lowest BCUT2D eigenvalue weighted by atomic mass is 9.55. The highest BCUT2D eigenvalue weighted by molar-refractivity contribution is 6.23. The second kappa shape index (κ2) is 6.51. The van der Waals surface area contributed by atoms with Crippen molar-refractivity contribution < 1.29 is 39.9 Å². The van der Waals surface area contributed by atoms with Gasteiger partial charge in [0.1, 0.15) is 22.8 Å². The summed E-state index contributed by atoms with van der Waals surface area (Å²) in [6.45, 7) is 6.18. The maximum atomic E-state index is 13.5. The van der Waals surface area contributed by atoms with E-state index in [-0.39, 0.29) is 16.9 Å². The Kier molecular flexibility index (Phi) is 4.47.